The molecule has 1 rings (SSSR count). The Hall–Kier alpha value is -0.280. The third-order valence-corrected chi connectivity index (χ3v) is 1.47. The van der Waals surface area contributed by atoms with Crippen LogP contribution in [0.1, 0.15) is 0 Å². The first-order valence-corrected chi connectivity index (χ1v) is 2.97. The Bertz CT molecular complexity index is 104. The van der Waals surface area contributed by atoms with Crippen molar-refractivity contribution in [1.29, 1.82) is 0 Å². The molecule has 76 valence electrons. The van der Waals surface area contributed by atoms with Crippen LogP contribution >= 0.6 is 0 Å². The number of hydrogen-bond acceptors (Lipinski definition) is 5. The Morgan fingerprint density at radius 2 is 1.42 bits per heavy atom. The molecule has 0 aromatic rings. The van der Waals surface area contributed by atoms with Crippen molar-refractivity contribution in [3.8, 4) is 0 Å². The van der Waals surface area contributed by atoms with Gasteiger partial charge in [-0.15, -0.1) is 0 Å². The number of hydrogen-bond donors (Lipinski definition) is 4. The van der Waals surface area contributed by atoms with E-state index in [0.717, 1.165) is 0 Å². The maximum absolute atomic E-state index is 8.88. The van der Waals surface area contributed by atoms with Gasteiger partial charge in [0.1, 0.15) is 18.3 Å². The highest BCUT2D eigenvalue weighted by molar-refractivity contribution is 4.81. The molecule has 0 aromatic carbocycles. The molecule has 1 unspecified atom stereocenters. The topological polar surface area (TPSA) is 153 Å². The van der Waals surface area contributed by atoms with Crippen molar-refractivity contribution in [2.75, 3.05) is 6.61 Å². The van der Waals surface area contributed by atoms with E-state index >= 15 is 0 Å². The van der Waals surface area contributed by atoms with Gasteiger partial charge in [0.05, 0.1) is 6.61 Å². The smallest absolute Gasteiger partial charge is 0.183 e. The molecule has 0 bridgehead atoms. The Morgan fingerprint density at radius 3 is 1.83 bits per heavy atom. The minimum Gasteiger partial charge on any atom is -0.412 e. The third kappa shape index (κ3) is 2.64. The van der Waals surface area contributed by atoms with E-state index in [0.29, 0.717) is 0 Å². The summed E-state index contributed by atoms with van der Waals surface area (Å²) in [5, 5.41) is 35.3. The molecule has 7 heteroatoms. The van der Waals surface area contributed by atoms with E-state index in [1.165, 1.54) is 0 Å². The highest BCUT2D eigenvalue weighted by Crippen LogP contribution is 2.12. The summed E-state index contributed by atoms with van der Waals surface area (Å²) >= 11 is 0. The quantitative estimate of drug-likeness (QED) is 0.302. The van der Waals surface area contributed by atoms with E-state index in [1.54, 1.807) is 0 Å². The number of ether oxygens (including phenoxy) is 1. The Balaban J connectivity index is 0. The maximum Gasteiger partial charge on any atom is 0.183 e. The molecule has 1 heterocycles. The highest BCUT2D eigenvalue weighted by atomic mass is 16.6. The summed E-state index contributed by atoms with van der Waals surface area (Å²) in [6.07, 6.45) is -5.23. The summed E-state index contributed by atoms with van der Waals surface area (Å²) in [5.74, 6) is 0. The monoisotopic (exact) mass is 186 g/mol. The van der Waals surface area contributed by atoms with E-state index in [-0.39, 0.29) is 17.6 Å². The Morgan fingerprint density at radius 1 is 0.917 bits per heavy atom. The first-order chi connectivity index (χ1) is 4.63. The molecule has 12 heavy (non-hydrogen) atoms. The van der Waals surface area contributed by atoms with Crippen LogP contribution in [0.25, 0.3) is 0 Å². The summed E-state index contributed by atoms with van der Waals surface area (Å²) in [4.78, 5) is 0. The van der Waals surface area contributed by atoms with Gasteiger partial charge in [0.15, 0.2) is 6.29 Å². The van der Waals surface area contributed by atoms with Gasteiger partial charge in [0.25, 0.3) is 0 Å². The zero-order valence-electron chi connectivity index (χ0n) is 6.21. The second-order valence-electron chi connectivity index (χ2n) is 2.27. The van der Waals surface area contributed by atoms with E-state index in [2.05, 4.69) is 4.74 Å². The van der Waals surface area contributed by atoms with E-state index < -0.39 is 24.6 Å². The van der Waals surface area contributed by atoms with Gasteiger partial charge in [-0.2, -0.15) is 0 Å². The maximum atomic E-state index is 8.88. The second kappa shape index (κ2) is 5.38. The van der Waals surface area contributed by atoms with Crippen LogP contribution in [0.2, 0.25) is 0 Å². The Labute approximate surface area is 68.4 Å². The van der Waals surface area contributed by atoms with Crippen molar-refractivity contribution >= 4 is 0 Å². The van der Waals surface area contributed by atoms with Gasteiger partial charge < -0.3 is 36.1 Å². The van der Waals surface area contributed by atoms with Crippen LogP contribution in [-0.4, -0.2) is 62.6 Å². The summed E-state index contributed by atoms with van der Waals surface area (Å²) in [5.41, 5.74) is 0. The van der Waals surface area contributed by atoms with E-state index in [4.69, 9.17) is 20.4 Å². The predicted octanol–water partition coefficient (Wildman–Crippen LogP) is -4.23. The Kier molecular flexibility index (Phi) is 6.39. The lowest BCUT2D eigenvalue weighted by atomic mass is 10.1. The van der Waals surface area contributed by atoms with Crippen molar-refractivity contribution in [2.24, 2.45) is 0 Å². The first-order valence-electron chi connectivity index (χ1n) is 2.97. The zero-order chi connectivity index (χ0) is 7.72. The fraction of sp³-hybridized carbons (Fsp3) is 1.00. The van der Waals surface area contributed by atoms with Gasteiger partial charge in [0, 0.05) is 0 Å². The lowest BCUT2D eigenvalue weighted by Gasteiger charge is -2.31. The van der Waals surface area contributed by atoms with Gasteiger partial charge in [-0.05, 0) is 0 Å². The molecule has 1 aliphatic heterocycles. The molecule has 0 saturated carbocycles. The standard InChI is InChI=1S/C5H10O5.2H2O/c6-2-1-10-5(9)4(8)3(2)7;;/h2-9H,1H2;2*1H2/t2-,3+,4-,5?;;/m1../s1. The highest BCUT2D eigenvalue weighted by Gasteiger charge is 2.36. The average molecular weight is 186 g/mol. The number of rotatable bonds is 0. The summed E-state index contributed by atoms with van der Waals surface area (Å²) < 4.78 is 4.47. The molecule has 1 saturated heterocycles. The van der Waals surface area contributed by atoms with Gasteiger partial charge in [-0.25, -0.2) is 0 Å². The van der Waals surface area contributed by atoms with Crippen LogP contribution in [0.4, 0.5) is 0 Å². The van der Waals surface area contributed by atoms with Gasteiger partial charge in [0.2, 0.25) is 0 Å². The van der Waals surface area contributed by atoms with Crippen LogP contribution in [0.3, 0.4) is 0 Å². The third-order valence-electron chi connectivity index (χ3n) is 1.47. The zero-order valence-corrected chi connectivity index (χ0v) is 6.21. The fourth-order valence-corrected chi connectivity index (χ4v) is 0.791. The molecule has 4 atom stereocenters. The van der Waals surface area contributed by atoms with Crippen molar-refractivity contribution in [1.82, 2.24) is 0 Å². The van der Waals surface area contributed by atoms with Gasteiger partial charge >= 0.3 is 0 Å². The molecule has 1 aliphatic rings. The van der Waals surface area contributed by atoms with E-state index in [1.807, 2.05) is 0 Å². The van der Waals surface area contributed by atoms with Crippen molar-refractivity contribution < 1.29 is 36.1 Å². The van der Waals surface area contributed by atoms with Crippen LogP contribution in [0, 0.1) is 0 Å². The van der Waals surface area contributed by atoms with Crippen LogP contribution in [0.15, 0.2) is 0 Å². The second-order valence-corrected chi connectivity index (χ2v) is 2.27. The normalized spacial score (nSPS) is 41.0. The number of aliphatic hydroxyl groups excluding tert-OH is 4. The lowest BCUT2D eigenvalue weighted by molar-refractivity contribution is -0.252. The molecular weight excluding hydrogens is 172 g/mol. The molecule has 0 amide bonds. The van der Waals surface area contributed by atoms with Crippen molar-refractivity contribution in [3.05, 3.63) is 0 Å². The summed E-state index contributed by atoms with van der Waals surface area (Å²) in [6.45, 7) is -0.153. The molecule has 8 N–H and O–H groups in total. The minimum atomic E-state index is -1.41. The van der Waals surface area contributed by atoms with Crippen molar-refractivity contribution in [3.63, 3.8) is 0 Å². The van der Waals surface area contributed by atoms with Crippen molar-refractivity contribution in [2.45, 2.75) is 24.6 Å². The molecule has 0 spiro atoms. The SMILES string of the molecule is O.O.OC1OC[C@@H](O)[C@H](O)[C@H]1O. The fourth-order valence-electron chi connectivity index (χ4n) is 0.791. The van der Waals surface area contributed by atoms with E-state index in [9.17, 15) is 0 Å². The van der Waals surface area contributed by atoms with Gasteiger partial charge in [-0.3, -0.25) is 0 Å². The molecule has 7 nitrogen and oxygen atoms in total. The average Bonchev–Trinajstić information content (AvgIpc) is 1.93. The lowest BCUT2D eigenvalue weighted by Crippen LogP contribution is -2.52. The number of aliphatic hydroxyl groups is 4. The predicted molar refractivity (Wildman–Crippen MR) is 37.2 cm³/mol. The molecule has 0 radical (unpaired) electrons. The molecule has 0 aromatic heterocycles. The molecular formula is C5H14O7. The largest absolute Gasteiger partial charge is 0.412 e. The molecule has 1 fully saturated rings. The van der Waals surface area contributed by atoms with Crippen LogP contribution in [0.5, 0.6) is 0 Å². The first kappa shape index (κ1) is 14.3. The van der Waals surface area contributed by atoms with Crippen LogP contribution in [-0.2, 0) is 4.74 Å². The minimum absolute atomic E-state index is 0. The van der Waals surface area contributed by atoms with Crippen LogP contribution < -0.4 is 0 Å². The summed E-state index contributed by atoms with van der Waals surface area (Å²) in [6, 6.07) is 0. The molecule has 0 aliphatic carbocycles. The van der Waals surface area contributed by atoms with Gasteiger partial charge in [-0.1, -0.05) is 0 Å². The summed E-state index contributed by atoms with van der Waals surface area (Å²) in [7, 11) is 0.